The van der Waals surface area contributed by atoms with E-state index in [2.05, 4.69) is 43.1 Å². The molecule has 0 spiro atoms. The third-order valence-electron chi connectivity index (χ3n) is 4.46. The summed E-state index contributed by atoms with van der Waals surface area (Å²) in [5.41, 5.74) is 1.37. The second kappa shape index (κ2) is 7.59. The third kappa shape index (κ3) is 4.43. The maximum Gasteiger partial charge on any atom is 0.0594 e. The number of nitrogens with zero attached hydrogens (tertiary/aromatic N) is 1. The molecular weight excluding hydrogens is 284 g/mol. The normalized spacial score (nSPS) is 18.7. The van der Waals surface area contributed by atoms with Crippen LogP contribution in [-0.4, -0.2) is 49.3 Å². The maximum atomic E-state index is 6.12. The summed E-state index contributed by atoms with van der Waals surface area (Å²) in [5, 5.41) is 4.47. The number of benzene rings is 1. The molecule has 1 unspecified atom stereocenters. The molecule has 0 radical (unpaired) electrons. The average Bonchev–Trinajstić information content (AvgIpc) is 2.48. The van der Waals surface area contributed by atoms with Crippen LogP contribution in [0.2, 0.25) is 5.02 Å². The molecule has 0 aromatic heterocycles. The number of hydrogen-bond acceptors (Lipinski definition) is 3. The fraction of sp³-hybridized carbons (Fsp3) is 0.647. The Morgan fingerprint density at radius 3 is 2.67 bits per heavy atom. The Kier molecular flexibility index (Phi) is 6.06. The predicted octanol–water partition coefficient (Wildman–Crippen LogP) is 2.97. The SMILES string of the molecule is CCNC(Cc1cccc(Cl)c1)C(C)(C)N1CCOCC1. The number of morpholine rings is 1. The van der Waals surface area contributed by atoms with E-state index in [4.69, 9.17) is 16.3 Å². The number of ether oxygens (including phenoxy) is 1. The van der Waals surface area contributed by atoms with Gasteiger partial charge in [0.2, 0.25) is 0 Å². The zero-order valence-electron chi connectivity index (χ0n) is 13.4. The van der Waals surface area contributed by atoms with Crippen LogP contribution in [0.25, 0.3) is 0 Å². The summed E-state index contributed by atoms with van der Waals surface area (Å²) in [5.74, 6) is 0. The van der Waals surface area contributed by atoms with Crippen molar-refractivity contribution in [2.24, 2.45) is 0 Å². The van der Waals surface area contributed by atoms with E-state index in [0.717, 1.165) is 44.3 Å². The molecule has 1 N–H and O–H groups in total. The number of halogens is 1. The molecule has 0 aliphatic carbocycles. The van der Waals surface area contributed by atoms with E-state index in [1.165, 1.54) is 5.56 Å². The van der Waals surface area contributed by atoms with Gasteiger partial charge in [-0.3, -0.25) is 4.90 Å². The van der Waals surface area contributed by atoms with Crippen molar-refractivity contribution >= 4 is 11.6 Å². The molecule has 118 valence electrons. The minimum atomic E-state index is 0.0854. The standard InChI is InChI=1S/C17H27ClN2O/c1-4-19-16(13-14-6-5-7-15(18)12-14)17(2,3)20-8-10-21-11-9-20/h5-7,12,16,19H,4,8-11,13H2,1-3H3. The highest BCUT2D eigenvalue weighted by atomic mass is 35.5. The van der Waals surface area contributed by atoms with Gasteiger partial charge < -0.3 is 10.1 Å². The van der Waals surface area contributed by atoms with Crippen LogP contribution in [0.1, 0.15) is 26.3 Å². The monoisotopic (exact) mass is 310 g/mol. The van der Waals surface area contributed by atoms with Crippen molar-refractivity contribution in [2.45, 2.75) is 38.8 Å². The fourth-order valence-corrected chi connectivity index (χ4v) is 3.29. The smallest absolute Gasteiger partial charge is 0.0594 e. The van der Waals surface area contributed by atoms with Crippen LogP contribution in [0, 0.1) is 0 Å². The van der Waals surface area contributed by atoms with Gasteiger partial charge in [0.15, 0.2) is 0 Å². The summed E-state index contributed by atoms with van der Waals surface area (Å²) in [6, 6.07) is 8.58. The van der Waals surface area contributed by atoms with Crippen molar-refractivity contribution < 1.29 is 4.74 Å². The van der Waals surface area contributed by atoms with Crippen LogP contribution in [0.15, 0.2) is 24.3 Å². The zero-order valence-corrected chi connectivity index (χ0v) is 14.1. The third-order valence-corrected chi connectivity index (χ3v) is 4.69. The molecule has 1 aromatic carbocycles. The van der Waals surface area contributed by atoms with Gasteiger partial charge in [-0.1, -0.05) is 30.7 Å². The van der Waals surface area contributed by atoms with Gasteiger partial charge in [-0.25, -0.2) is 0 Å². The lowest BCUT2D eigenvalue weighted by molar-refractivity contribution is -0.0230. The van der Waals surface area contributed by atoms with Gasteiger partial charge in [0.25, 0.3) is 0 Å². The van der Waals surface area contributed by atoms with Crippen molar-refractivity contribution in [1.82, 2.24) is 10.2 Å². The lowest BCUT2D eigenvalue weighted by atomic mass is 9.87. The first-order valence-electron chi connectivity index (χ1n) is 7.84. The molecule has 4 heteroatoms. The molecule has 3 nitrogen and oxygen atoms in total. The van der Waals surface area contributed by atoms with Gasteiger partial charge in [0.05, 0.1) is 13.2 Å². The Labute approximate surface area is 133 Å². The second-order valence-corrected chi connectivity index (χ2v) is 6.63. The van der Waals surface area contributed by atoms with E-state index in [1.807, 2.05) is 12.1 Å². The largest absolute Gasteiger partial charge is 0.379 e. The summed E-state index contributed by atoms with van der Waals surface area (Å²) in [6.07, 6.45) is 0.985. The number of hydrogen-bond donors (Lipinski definition) is 1. The van der Waals surface area contributed by atoms with Crippen molar-refractivity contribution in [3.63, 3.8) is 0 Å². The molecule has 0 bridgehead atoms. The summed E-state index contributed by atoms with van der Waals surface area (Å²) >= 11 is 6.12. The van der Waals surface area contributed by atoms with Crippen molar-refractivity contribution in [1.29, 1.82) is 0 Å². The fourth-order valence-electron chi connectivity index (χ4n) is 3.08. The number of nitrogens with one attached hydrogen (secondary N) is 1. The van der Waals surface area contributed by atoms with Crippen LogP contribution in [0.3, 0.4) is 0 Å². The molecule has 0 saturated carbocycles. The van der Waals surface area contributed by atoms with Crippen LogP contribution < -0.4 is 5.32 Å². The van der Waals surface area contributed by atoms with Crippen LogP contribution in [0.5, 0.6) is 0 Å². The Bertz CT molecular complexity index is 444. The Hall–Kier alpha value is -0.610. The quantitative estimate of drug-likeness (QED) is 0.874. The van der Waals surface area contributed by atoms with E-state index >= 15 is 0 Å². The van der Waals surface area contributed by atoms with Crippen LogP contribution >= 0.6 is 11.6 Å². The summed E-state index contributed by atoms with van der Waals surface area (Å²) < 4.78 is 5.49. The summed E-state index contributed by atoms with van der Waals surface area (Å²) in [6.45, 7) is 11.5. The Balaban J connectivity index is 2.12. The van der Waals surface area contributed by atoms with E-state index in [0.29, 0.717) is 6.04 Å². The molecule has 1 fully saturated rings. The minimum absolute atomic E-state index is 0.0854. The number of likely N-dealkylation sites (N-methyl/N-ethyl adjacent to an activating group) is 1. The predicted molar refractivity (Wildman–Crippen MR) is 89.1 cm³/mol. The molecule has 1 aliphatic rings. The van der Waals surface area contributed by atoms with Gasteiger partial charge >= 0.3 is 0 Å². The summed E-state index contributed by atoms with van der Waals surface area (Å²) in [4.78, 5) is 2.54. The van der Waals surface area contributed by atoms with Crippen molar-refractivity contribution in [3.8, 4) is 0 Å². The molecule has 21 heavy (non-hydrogen) atoms. The highest BCUT2D eigenvalue weighted by molar-refractivity contribution is 6.30. The van der Waals surface area contributed by atoms with E-state index < -0.39 is 0 Å². The van der Waals surface area contributed by atoms with E-state index in [-0.39, 0.29) is 5.54 Å². The van der Waals surface area contributed by atoms with Gasteiger partial charge in [0, 0.05) is 29.7 Å². The molecular formula is C17H27ClN2O. The number of rotatable bonds is 6. The maximum absolute atomic E-state index is 6.12. The van der Waals surface area contributed by atoms with Crippen LogP contribution in [0.4, 0.5) is 0 Å². The molecule has 0 amide bonds. The topological polar surface area (TPSA) is 24.5 Å². The van der Waals surface area contributed by atoms with Crippen molar-refractivity contribution in [3.05, 3.63) is 34.9 Å². The molecule has 1 saturated heterocycles. The first-order chi connectivity index (χ1) is 10.0. The van der Waals surface area contributed by atoms with Gasteiger partial charge in [-0.15, -0.1) is 0 Å². The van der Waals surface area contributed by atoms with Crippen molar-refractivity contribution in [2.75, 3.05) is 32.8 Å². The lowest BCUT2D eigenvalue weighted by Crippen LogP contribution is -2.61. The van der Waals surface area contributed by atoms with Crippen LogP contribution in [-0.2, 0) is 11.2 Å². The van der Waals surface area contributed by atoms with E-state index in [9.17, 15) is 0 Å². The molecule has 1 heterocycles. The Morgan fingerprint density at radius 2 is 2.05 bits per heavy atom. The highest BCUT2D eigenvalue weighted by Crippen LogP contribution is 2.24. The van der Waals surface area contributed by atoms with Gasteiger partial charge in [0.1, 0.15) is 0 Å². The molecule has 1 aromatic rings. The second-order valence-electron chi connectivity index (χ2n) is 6.20. The Morgan fingerprint density at radius 1 is 1.33 bits per heavy atom. The molecule has 2 rings (SSSR count). The minimum Gasteiger partial charge on any atom is -0.379 e. The van der Waals surface area contributed by atoms with Gasteiger partial charge in [-0.05, 0) is 44.5 Å². The summed E-state index contributed by atoms with van der Waals surface area (Å²) in [7, 11) is 0. The lowest BCUT2D eigenvalue weighted by Gasteiger charge is -2.46. The molecule has 1 atom stereocenters. The highest BCUT2D eigenvalue weighted by Gasteiger charge is 2.35. The van der Waals surface area contributed by atoms with E-state index in [1.54, 1.807) is 0 Å². The zero-order chi connectivity index (χ0) is 15.3. The average molecular weight is 311 g/mol. The molecule has 1 aliphatic heterocycles. The van der Waals surface area contributed by atoms with Gasteiger partial charge in [-0.2, -0.15) is 0 Å². The first kappa shape index (κ1) is 16.8. The first-order valence-corrected chi connectivity index (χ1v) is 8.22.